The third-order valence-corrected chi connectivity index (χ3v) is 15.0. The van der Waals surface area contributed by atoms with Gasteiger partial charge in [-0.1, -0.05) is 12.1 Å². The number of ether oxygens (including phenoxy) is 5. The average Bonchev–Trinajstić information content (AvgIpc) is 3.79. The number of carboxylic acids is 1. The van der Waals surface area contributed by atoms with Crippen molar-refractivity contribution in [3.05, 3.63) is 60.9 Å². The average molecular weight is 1040 g/mol. The highest BCUT2D eigenvalue weighted by atomic mass is 16.6. The standard InChI is InChI=1S/C29H42N4O5.C28H40N4O5/c1-29(2,3)38-28(35)33-16-11-21(12-17-33)23(20-25(34)37-5)31-14-7-15-32(19-18-31)27-24(36-4)10-9-22-8-6-13-30-26(22)27;1-28(2,3)37-27(35)32-15-10-20(11-16-32)22(19-24(33)34)30-13-6-14-31(18-17-30)26-23(36-4)9-8-21-7-5-12-29-25(21)26/h6,8-10,13,21,23H,7,11-12,14-20H2,1-5H3;5,7-9,12,20,22H,6,10-11,13-19H2,1-4H3,(H,33,34). The van der Waals surface area contributed by atoms with Crippen molar-refractivity contribution in [2.75, 3.05) is 110 Å². The molecule has 4 fully saturated rings. The quantitative estimate of drug-likeness (QED) is 0.105. The van der Waals surface area contributed by atoms with Crippen molar-refractivity contribution < 1.29 is 48.0 Å². The number of aromatic nitrogens is 2. The van der Waals surface area contributed by atoms with Gasteiger partial charge in [-0.2, -0.15) is 0 Å². The smallest absolute Gasteiger partial charge is 0.410 e. The number of hydrogen-bond acceptors (Lipinski definition) is 15. The van der Waals surface area contributed by atoms with Crippen molar-refractivity contribution in [2.24, 2.45) is 11.8 Å². The number of amides is 2. The zero-order chi connectivity index (χ0) is 53.9. The third-order valence-electron chi connectivity index (χ3n) is 15.0. The fourth-order valence-electron chi connectivity index (χ4n) is 11.4. The Balaban J connectivity index is 0.000000219. The molecule has 75 heavy (non-hydrogen) atoms. The molecule has 18 heteroatoms. The summed E-state index contributed by atoms with van der Waals surface area (Å²) in [6.45, 7) is 20.3. The molecule has 1 N–H and O–H groups in total. The number of carboxylic acid groups (broad SMARTS) is 1. The van der Waals surface area contributed by atoms with E-state index in [-0.39, 0.29) is 42.6 Å². The number of carbonyl (C=O) groups excluding carboxylic acids is 3. The normalized spacial score (nSPS) is 18.8. The number of carbonyl (C=O) groups is 4. The fraction of sp³-hybridized carbons (Fsp3) is 0.614. The highest BCUT2D eigenvalue weighted by Crippen LogP contribution is 2.38. The van der Waals surface area contributed by atoms with Gasteiger partial charge in [-0.15, -0.1) is 0 Å². The number of pyridine rings is 2. The van der Waals surface area contributed by atoms with Crippen LogP contribution in [-0.2, 0) is 23.8 Å². The molecule has 2 atom stereocenters. The number of fused-ring (bicyclic) bond motifs is 2. The number of benzene rings is 2. The van der Waals surface area contributed by atoms with E-state index in [0.717, 1.165) is 136 Å². The van der Waals surface area contributed by atoms with Crippen molar-refractivity contribution in [1.29, 1.82) is 0 Å². The maximum atomic E-state index is 12.6. The van der Waals surface area contributed by atoms with Crippen molar-refractivity contribution in [2.45, 2.75) is 116 Å². The number of aliphatic carboxylic acids is 1. The number of hydrogen-bond donors (Lipinski definition) is 1. The summed E-state index contributed by atoms with van der Waals surface area (Å²) in [7, 11) is 4.84. The highest BCUT2D eigenvalue weighted by molar-refractivity contribution is 5.95. The second-order valence-electron chi connectivity index (χ2n) is 22.3. The van der Waals surface area contributed by atoms with Gasteiger partial charge in [-0.05, 0) is 128 Å². The Morgan fingerprint density at radius 3 is 1.35 bits per heavy atom. The Kier molecular flexibility index (Phi) is 19.3. The van der Waals surface area contributed by atoms with Crippen molar-refractivity contribution >= 4 is 57.3 Å². The van der Waals surface area contributed by atoms with Gasteiger partial charge >= 0.3 is 24.1 Å². The Hall–Kier alpha value is -6.14. The molecule has 0 saturated carbocycles. The zero-order valence-corrected chi connectivity index (χ0v) is 45.9. The largest absolute Gasteiger partial charge is 0.494 e. The van der Waals surface area contributed by atoms with Crippen molar-refractivity contribution in [1.82, 2.24) is 29.6 Å². The van der Waals surface area contributed by atoms with Crippen molar-refractivity contribution in [3.63, 3.8) is 0 Å². The summed E-state index contributed by atoms with van der Waals surface area (Å²) in [6, 6.07) is 16.1. The maximum absolute atomic E-state index is 12.6. The minimum Gasteiger partial charge on any atom is -0.494 e. The van der Waals surface area contributed by atoms with Gasteiger partial charge in [0.15, 0.2) is 0 Å². The molecule has 8 rings (SSSR count). The first-order chi connectivity index (χ1) is 35.9. The Morgan fingerprint density at radius 2 is 0.973 bits per heavy atom. The van der Waals surface area contributed by atoms with Gasteiger partial charge in [-0.25, -0.2) is 9.59 Å². The van der Waals surface area contributed by atoms with E-state index in [1.807, 2.05) is 90.3 Å². The predicted octanol–water partition coefficient (Wildman–Crippen LogP) is 8.58. The van der Waals surface area contributed by atoms with Crippen LogP contribution in [0.4, 0.5) is 21.0 Å². The monoisotopic (exact) mass is 1040 g/mol. The number of rotatable bonds is 12. The number of nitrogens with zero attached hydrogens (tertiary/aromatic N) is 8. The summed E-state index contributed by atoms with van der Waals surface area (Å²) in [4.78, 5) is 71.8. The van der Waals surface area contributed by atoms with Gasteiger partial charge in [0, 0.05) is 114 Å². The van der Waals surface area contributed by atoms with Gasteiger partial charge in [0.25, 0.3) is 0 Å². The lowest BCUT2D eigenvalue weighted by Crippen LogP contribution is -2.49. The summed E-state index contributed by atoms with van der Waals surface area (Å²) in [5.74, 6) is 1.18. The minimum atomic E-state index is -0.777. The van der Waals surface area contributed by atoms with Crippen LogP contribution in [0.2, 0.25) is 0 Å². The van der Waals surface area contributed by atoms with E-state index in [1.54, 1.807) is 24.0 Å². The summed E-state index contributed by atoms with van der Waals surface area (Å²) < 4.78 is 27.7. The van der Waals surface area contributed by atoms with Gasteiger partial charge < -0.3 is 48.4 Å². The van der Waals surface area contributed by atoms with Gasteiger partial charge in [-0.3, -0.25) is 29.4 Å². The second-order valence-corrected chi connectivity index (χ2v) is 22.3. The van der Waals surface area contributed by atoms with Crippen LogP contribution in [0, 0.1) is 11.8 Å². The van der Waals surface area contributed by atoms with Crippen LogP contribution < -0.4 is 19.3 Å². The van der Waals surface area contributed by atoms with Crippen LogP contribution in [0.3, 0.4) is 0 Å². The van der Waals surface area contributed by atoms with E-state index in [4.69, 9.17) is 23.7 Å². The summed E-state index contributed by atoms with van der Waals surface area (Å²) in [5.41, 5.74) is 2.86. The highest BCUT2D eigenvalue weighted by Gasteiger charge is 2.38. The molecule has 2 aromatic heterocycles. The van der Waals surface area contributed by atoms with Crippen LogP contribution >= 0.6 is 0 Å². The lowest BCUT2D eigenvalue weighted by molar-refractivity contribution is -0.143. The third kappa shape index (κ3) is 15.0. The molecule has 2 unspecified atom stereocenters. The number of piperidine rings is 2. The SMILES string of the molecule is COC(=O)CC(C1CCN(C(=O)OC(C)(C)C)CC1)N1CCCN(c2c(OC)ccc3cccnc23)CC1.COc1ccc2cccnc2c1N1CCCN(C(CC(=O)O)C2CCN(C(=O)OC(C)(C)C)CC2)CC1. The van der Waals surface area contributed by atoms with Crippen LogP contribution in [0.1, 0.15) is 92.9 Å². The second kappa shape index (κ2) is 25.6. The fourth-order valence-corrected chi connectivity index (χ4v) is 11.4. The summed E-state index contributed by atoms with van der Waals surface area (Å²) >= 11 is 0. The summed E-state index contributed by atoms with van der Waals surface area (Å²) in [5, 5.41) is 11.9. The van der Waals surface area contributed by atoms with E-state index >= 15 is 0 Å². The topological polar surface area (TPSA) is 180 Å². The predicted molar refractivity (Wildman–Crippen MR) is 291 cm³/mol. The molecule has 2 aromatic carbocycles. The molecule has 6 heterocycles. The number of esters is 1. The van der Waals surface area contributed by atoms with Crippen LogP contribution in [-0.4, -0.2) is 182 Å². The molecule has 18 nitrogen and oxygen atoms in total. The van der Waals surface area contributed by atoms with Gasteiger partial charge in [0.05, 0.1) is 45.2 Å². The van der Waals surface area contributed by atoms with Crippen LogP contribution in [0.15, 0.2) is 60.9 Å². The van der Waals surface area contributed by atoms with E-state index in [9.17, 15) is 24.3 Å². The van der Waals surface area contributed by atoms with Crippen LogP contribution in [0.5, 0.6) is 11.5 Å². The molecule has 0 aliphatic carbocycles. The van der Waals surface area contributed by atoms with Gasteiger partial charge in [0.1, 0.15) is 34.1 Å². The maximum Gasteiger partial charge on any atom is 0.410 e. The zero-order valence-electron chi connectivity index (χ0n) is 45.9. The van der Waals surface area contributed by atoms with Gasteiger partial charge in [0.2, 0.25) is 0 Å². The lowest BCUT2D eigenvalue weighted by Gasteiger charge is -2.40. The van der Waals surface area contributed by atoms with E-state index < -0.39 is 17.2 Å². The summed E-state index contributed by atoms with van der Waals surface area (Å²) in [6.07, 6.45) is 8.64. The molecule has 0 bridgehead atoms. The Labute approximate surface area is 443 Å². The van der Waals surface area contributed by atoms with E-state index in [0.29, 0.717) is 38.5 Å². The Bertz CT molecular complexity index is 2550. The molecule has 2 amide bonds. The minimum absolute atomic E-state index is 0.0641. The molecule has 410 valence electrons. The molecule has 0 spiro atoms. The first-order valence-electron chi connectivity index (χ1n) is 26.9. The number of methoxy groups -OCH3 is 3. The number of anilines is 2. The molecule has 4 aliphatic heterocycles. The number of likely N-dealkylation sites (tertiary alicyclic amines) is 2. The molecule has 4 saturated heterocycles. The molecular formula is C57H82N8O10. The molecule has 4 aliphatic rings. The van der Waals surface area contributed by atoms with Crippen LogP contribution in [0.25, 0.3) is 21.8 Å². The molecule has 4 aromatic rings. The Morgan fingerprint density at radius 1 is 0.560 bits per heavy atom. The van der Waals surface area contributed by atoms with Crippen molar-refractivity contribution in [3.8, 4) is 11.5 Å². The first kappa shape index (κ1) is 56.6. The lowest BCUT2D eigenvalue weighted by atomic mass is 9.86. The molecule has 0 radical (unpaired) electrons. The molecular weight excluding hydrogens is 957 g/mol. The first-order valence-corrected chi connectivity index (χ1v) is 26.9. The van der Waals surface area contributed by atoms with E-state index in [2.05, 4.69) is 41.7 Å². The van der Waals surface area contributed by atoms with E-state index in [1.165, 1.54) is 7.11 Å².